The number of nitrogens with zero attached hydrogens (tertiary/aromatic N) is 1. The van der Waals surface area contributed by atoms with Crippen molar-refractivity contribution in [1.29, 1.82) is 0 Å². The number of anilines is 1. The Labute approximate surface area is 158 Å². The molecular formula is C18H10F7N3O. The predicted octanol–water partition coefficient (Wildman–Crippen LogP) is 5.21. The highest BCUT2D eigenvalue weighted by Gasteiger charge is 2.36. The van der Waals surface area contributed by atoms with Gasteiger partial charge in [-0.2, -0.15) is 18.3 Å². The quantitative estimate of drug-likeness (QED) is 0.575. The Hall–Kier alpha value is -3.37. The van der Waals surface area contributed by atoms with E-state index in [1.807, 2.05) is 5.32 Å². The average molecular weight is 417 g/mol. The van der Waals surface area contributed by atoms with Crippen molar-refractivity contribution in [3.63, 3.8) is 0 Å². The van der Waals surface area contributed by atoms with Crippen LogP contribution in [0.2, 0.25) is 0 Å². The van der Waals surface area contributed by atoms with Gasteiger partial charge in [-0.25, -0.2) is 17.6 Å². The summed E-state index contributed by atoms with van der Waals surface area (Å²) >= 11 is 0. The normalized spacial score (nSPS) is 11.6. The van der Waals surface area contributed by atoms with Crippen molar-refractivity contribution >= 4 is 11.6 Å². The number of carbonyl (C=O) groups excluding carboxylic acids is 1. The topological polar surface area (TPSA) is 57.8 Å². The molecular weight excluding hydrogens is 407 g/mol. The molecule has 3 rings (SSSR count). The predicted molar refractivity (Wildman–Crippen MR) is 88.0 cm³/mol. The molecule has 0 unspecified atom stereocenters. The van der Waals surface area contributed by atoms with Gasteiger partial charge in [-0.1, -0.05) is 6.07 Å². The lowest BCUT2D eigenvalue weighted by atomic mass is 10.0. The lowest BCUT2D eigenvalue weighted by molar-refractivity contribution is -0.141. The second-order valence-corrected chi connectivity index (χ2v) is 5.94. The van der Waals surface area contributed by atoms with Crippen LogP contribution in [-0.4, -0.2) is 16.1 Å². The number of carbonyl (C=O) groups is 1. The molecule has 0 fully saturated rings. The fraction of sp³-hybridized carbons (Fsp3) is 0.111. The number of amides is 1. The lowest BCUT2D eigenvalue weighted by Crippen LogP contribution is -2.16. The average Bonchev–Trinajstić information content (AvgIpc) is 2.95. The molecule has 0 atom stereocenters. The zero-order chi connectivity index (χ0) is 21.5. The van der Waals surface area contributed by atoms with Crippen molar-refractivity contribution in [3.8, 4) is 11.3 Å². The minimum absolute atomic E-state index is 0.499. The van der Waals surface area contributed by atoms with E-state index >= 15 is 0 Å². The molecule has 0 aliphatic heterocycles. The molecule has 29 heavy (non-hydrogen) atoms. The Kier molecular flexibility index (Phi) is 5.07. The molecule has 0 spiro atoms. The summed E-state index contributed by atoms with van der Waals surface area (Å²) in [5.41, 5.74) is -4.72. The number of aromatic nitrogens is 2. The molecule has 1 amide bonds. The Morgan fingerprint density at radius 2 is 1.55 bits per heavy atom. The largest absolute Gasteiger partial charge is 0.433 e. The minimum Gasteiger partial charge on any atom is -0.322 e. The van der Waals surface area contributed by atoms with Crippen LogP contribution in [0.25, 0.3) is 11.3 Å². The summed E-state index contributed by atoms with van der Waals surface area (Å²) in [6, 6.07) is 3.85. The highest BCUT2D eigenvalue weighted by atomic mass is 19.4. The molecule has 0 aliphatic rings. The van der Waals surface area contributed by atoms with Gasteiger partial charge in [0.2, 0.25) is 0 Å². The third-order valence-electron chi connectivity index (χ3n) is 4.02. The molecule has 1 heterocycles. The van der Waals surface area contributed by atoms with Gasteiger partial charge in [-0.15, -0.1) is 0 Å². The third-order valence-corrected chi connectivity index (χ3v) is 4.02. The van der Waals surface area contributed by atoms with Gasteiger partial charge in [0.05, 0.1) is 5.56 Å². The van der Waals surface area contributed by atoms with Crippen LogP contribution in [-0.2, 0) is 6.18 Å². The number of H-pyrrole nitrogens is 1. The van der Waals surface area contributed by atoms with Crippen LogP contribution in [0.4, 0.5) is 36.4 Å². The van der Waals surface area contributed by atoms with Crippen molar-refractivity contribution in [2.24, 2.45) is 0 Å². The molecule has 0 saturated carbocycles. The summed E-state index contributed by atoms with van der Waals surface area (Å²) in [6.45, 7) is 0.983. The number of hydrogen-bond donors (Lipinski definition) is 2. The van der Waals surface area contributed by atoms with Gasteiger partial charge in [0, 0.05) is 11.3 Å². The van der Waals surface area contributed by atoms with E-state index in [4.69, 9.17) is 0 Å². The van der Waals surface area contributed by atoms with Crippen molar-refractivity contribution in [1.82, 2.24) is 10.2 Å². The van der Waals surface area contributed by atoms with Crippen LogP contribution in [0.15, 0.2) is 30.3 Å². The van der Waals surface area contributed by atoms with E-state index in [1.165, 1.54) is 0 Å². The molecule has 0 aliphatic carbocycles. The first kappa shape index (κ1) is 20.4. The smallest absolute Gasteiger partial charge is 0.322 e. The summed E-state index contributed by atoms with van der Waals surface area (Å²) in [5.74, 6) is -6.35. The maximum Gasteiger partial charge on any atom is 0.433 e. The second-order valence-electron chi connectivity index (χ2n) is 5.94. The molecule has 1 aromatic heterocycles. The fourth-order valence-corrected chi connectivity index (χ4v) is 2.70. The Bertz CT molecular complexity index is 1060. The molecule has 0 bridgehead atoms. The van der Waals surface area contributed by atoms with Gasteiger partial charge in [-0.05, 0) is 31.2 Å². The Balaban J connectivity index is 1.97. The molecule has 2 aromatic carbocycles. The summed E-state index contributed by atoms with van der Waals surface area (Å²) < 4.78 is 94.7. The molecule has 4 nitrogen and oxygen atoms in total. The highest BCUT2D eigenvalue weighted by Crippen LogP contribution is 2.36. The van der Waals surface area contributed by atoms with Gasteiger partial charge < -0.3 is 5.32 Å². The SMILES string of the molecule is Cc1c(-c2c(F)cc(NC(=O)c3c(F)cccc3F)cc2F)n[nH]c1C(F)(F)F. The van der Waals surface area contributed by atoms with Crippen LogP contribution >= 0.6 is 0 Å². The minimum atomic E-state index is -4.81. The molecule has 152 valence electrons. The molecule has 3 aromatic rings. The first-order chi connectivity index (χ1) is 13.5. The maximum absolute atomic E-state index is 14.4. The zero-order valence-corrected chi connectivity index (χ0v) is 14.4. The number of nitrogens with one attached hydrogen (secondary N) is 2. The molecule has 11 heteroatoms. The van der Waals surface area contributed by atoms with Crippen molar-refractivity contribution in [2.75, 3.05) is 5.32 Å². The first-order valence-corrected chi connectivity index (χ1v) is 7.87. The lowest BCUT2D eigenvalue weighted by Gasteiger charge is -2.10. The van der Waals surface area contributed by atoms with Crippen LogP contribution in [0, 0.1) is 30.2 Å². The van der Waals surface area contributed by atoms with Crippen LogP contribution in [0.5, 0.6) is 0 Å². The van der Waals surface area contributed by atoms with Crippen molar-refractivity contribution in [3.05, 3.63) is 70.4 Å². The first-order valence-electron chi connectivity index (χ1n) is 7.87. The third kappa shape index (κ3) is 3.80. The van der Waals surface area contributed by atoms with Gasteiger partial charge in [0.15, 0.2) is 0 Å². The van der Waals surface area contributed by atoms with Gasteiger partial charge in [-0.3, -0.25) is 9.89 Å². The van der Waals surface area contributed by atoms with Crippen molar-refractivity contribution in [2.45, 2.75) is 13.1 Å². The van der Waals surface area contributed by atoms with E-state index in [2.05, 4.69) is 5.10 Å². The number of hydrogen-bond acceptors (Lipinski definition) is 2. The monoisotopic (exact) mass is 417 g/mol. The second kappa shape index (κ2) is 7.22. The molecule has 0 radical (unpaired) electrons. The Morgan fingerprint density at radius 1 is 1.00 bits per heavy atom. The standard InChI is InChI=1S/C18H10F7N3O/c1-7-15(27-28-16(7)18(23,24)25)13-11(21)5-8(6-12(13)22)26-17(29)14-9(19)3-2-4-10(14)20/h2-6H,1H3,(H,26,29)(H,27,28). The molecule has 2 N–H and O–H groups in total. The van der Waals surface area contributed by atoms with Crippen molar-refractivity contribution < 1.29 is 35.5 Å². The summed E-state index contributed by atoms with van der Waals surface area (Å²) in [5, 5.41) is 6.95. The van der Waals surface area contributed by atoms with E-state index in [-0.39, 0.29) is 0 Å². The van der Waals surface area contributed by atoms with Gasteiger partial charge >= 0.3 is 6.18 Å². The van der Waals surface area contributed by atoms with Crippen LogP contribution in [0.1, 0.15) is 21.6 Å². The highest BCUT2D eigenvalue weighted by molar-refractivity contribution is 6.04. The van der Waals surface area contributed by atoms with Crippen LogP contribution < -0.4 is 5.32 Å². The fourth-order valence-electron chi connectivity index (χ4n) is 2.70. The van der Waals surface area contributed by atoms with E-state index in [0.717, 1.165) is 25.1 Å². The van der Waals surface area contributed by atoms with E-state index in [0.29, 0.717) is 12.1 Å². The number of benzene rings is 2. The van der Waals surface area contributed by atoms with E-state index in [1.54, 1.807) is 5.10 Å². The number of aromatic amines is 1. The van der Waals surface area contributed by atoms with Gasteiger partial charge in [0.25, 0.3) is 5.91 Å². The molecule has 0 saturated heterocycles. The van der Waals surface area contributed by atoms with Crippen LogP contribution in [0.3, 0.4) is 0 Å². The Morgan fingerprint density at radius 3 is 2.03 bits per heavy atom. The summed E-state index contributed by atoms with van der Waals surface area (Å²) in [7, 11) is 0. The zero-order valence-electron chi connectivity index (χ0n) is 14.4. The summed E-state index contributed by atoms with van der Waals surface area (Å²) in [6.07, 6.45) is -4.81. The number of rotatable bonds is 3. The van der Waals surface area contributed by atoms with E-state index in [9.17, 15) is 35.5 Å². The number of alkyl halides is 3. The van der Waals surface area contributed by atoms with E-state index < -0.39 is 69.1 Å². The maximum atomic E-state index is 14.4. The van der Waals surface area contributed by atoms with Gasteiger partial charge in [0.1, 0.15) is 40.2 Å². The summed E-state index contributed by atoms with van der Waals surface area (Å²) in [4.78, 5) is 12.0. The number of halogens is 7.